The predicted octanol–water partition coefficient (Wildman–Crippen LogP) is 3.11. The van der Waals surface area contributed by atoms with Crippen LogP contribution in [0.2, 0.25) is 0 Å². The van der Waals surface area contributed by atoms with Crippen LogP contribution in [0, 0.1) is 11.6 Å². The molecule has 0 amide bonds. The van der Waals surface area contributed by atoms with Crippen molar-refractivity contribution >= 4 is 0 Å². The summed E-state index contributed by atoms with van der Waals surface area (Å²) in [7, 11) is 0. The summed E-state index contributed by atoms with van der Waals surface area (Å²) < 4.78 is 32.6. The lowest BCUT2D eigenvalue weighted by Crippen LogP contribution is -2.11. The van der Waals surface area contributed by atoms with Gasteiger partial charge in [-0.25, -0.2) is 8.78 Å². The van der Waals surface area contributed by atoms with Gasteiger partial charge < -0.3 is 4.52 Å². The van der Waals surface area contributed by atoms with Gasteiger partial charge in [-0.3, -0.25) is 0 Å². The molecular formula is C17H17F2N5O. The minimum atomic E-state index is -0.519. The molecule has 6 nitrogen and oxygen atoms in total. The molecule has 2 heterocycles. The van der Waals surface area contributed by atoms with Crippen LogP contribution in [-0.2, 0) is 19.3 Å². The summed E-state index contributed by atoms with van der Waals surface area (Å²) in [6, 6.07) is 3.90. The molecule has 1 unspecified atom stereocenters. The monoisotopic (exact) mass is 345 g/mol. The molecular weight excluding hydrogens is 328 g/mol. The summed E-state index contributed by atoms with van der Waals surface area (Å²) in [4.78, 5) is 4.44. The Bertz CT molecular complexity index is 855. The Balaban J connectivity index is 1.41. The van der Waals surface area contributed by atoms with Crippen LogP contribution in [0.15, 0.2) is 22.7 Å². The Morgan fingerprint density at radius 3 is 2.84 bits per heavy atom. The van der Waals surface area contributed by atoms with Crippen LogP contribution in [0.4, 0.5) is 8.78 Å². The summed E-state index contributed by atoms with van der Waals surface area (Å²) in [5, 5.41) is 15.0. The number of aromatic nitrogens is 5. The lowest BCUT2D eigenvalue weighted by Gasteiger charge is -2.15. The van der Waals surface area contributed by atoms with Crippen molar-refractivity contribution in [3.63, 3.8) is 0 Å². The van der Waals surface area contributed by atoms with Gasteiger partial charge in [0.2, 0.25) is 5.89 Å². The molecule has 1 aliphatic rings. The van der Waals surface area contributed by atoms with Crippen molar-refractivity contribution in [1.82, 2.24) is 25.6 Å². The Morgan fingerprint density at radius 2 is 2.00 bits per heavy atom. The fraction of sp³-hybridized carbons (Fsp3) is 0.412. The number of fused-ring (bicyclic) bond motifs is 1. The number of benzene rings is 1. The van der Waals surface area contributed by atoms with Gasteiger partial charge in [0, 0.05) is 12.0 Å². The smallest absolute Gasteiger partial charge is 0.235 e. The summed E-state index contributed by atoms with van der Waals surface area (Å²) >= 11 is 0. The van der Waals surface area contributed by atoms with Crippen LogP contribution >= 0.6 is 0 Å². The molecule has 0 fully saturated rings. The molecule has 25 heavy (non-hydrogen) atoms. The third kappa shape index (κ3) is 3.16. The zero-order valence-electron chi connectivity index (χ0n) is 13.5. The first-order valence-electron chi connectivity index (χ1n) is 8.37. The zero-order valence-corrected chi connectivity index (χ0v) is 13.5. The standard InChI is InChI=1S/C17H17F2N5O/c18-12-6-3-7-13(19)10(12)4-2-9-15-20-17(25-23-15)11-5-1-8-14-16(11)22-24-21-14/h3,6-7,11H,1-2,4-5,8-9H2,(H,21,22,24). The van der Waals surface area contributed by atoms with Crippen LogP contribution in [0.5, 0.6) is 0 Å². The third-order valence-electron chi connectivity index (χ3n) is 4.56. The fourth-order valence-corrected chi connectivity index (χ4v) is 3.28. The van der Waals surface area contributed by atoms with Crippen molar-refractivity contribution in [2.45, 2.75) is 44.4 Å². The van der Waals surface area contributed by atoms with E-state index < -0.39 is 11.6 Å². The lowest BCUT2D eigenvalue weighted by atomic mass is 9.90. The van der Waals surface area contributed by atoms with Crippen LogP contribution in [-0.4, -0.2) is 25.6 Å². The molecule has 130 valence electrons. The van der Waals surface area contributed by atoms with Crippen molar-refractivity contribution in [2.24, 2.45) is 0 Å². The maximum atomic E-state index is 13.6. The van der Waals surface area contributed by atoms with Gasteiger partial charge in [-0.1, -0.05) is 11.2 Å². The summed E-state index contributed by atoms with van der Waals surface area (Å²) in [5.74, 6) is 0.00110. The van der Waals surface area contributed by atoms with E-state index in [2.05, 4.69) is 25.6 Å². The number of rotatable bonds is 5. The van der Waals surface area contributed by atoms with Gasteiger partial charge in [0.05, 0.1) is 17.3 Å². The first-order valence-corrected chi connectivity index (χ1v) is 8.37. The van der Waals surface area contributed by atoms with Crippen molar-refractivity contribution < 1.29 is 13.3 Å². The molecule has 0 bridgehead atoms. The summed E-state index contributed by atoms with van der Waals surface area (Å²) in [6.45, 7) is 0. The molecule has 0 radical (unpaired) electrons. The SMILES string of the molecule is Fc1cccc(F)c1CCCc1noc(C2CCCc3n[nH]nc32)n1. The van der Waals surface area contributed by atoms with Crippen LogP contribution in [0.25, 0.3) is 0 Å². The molecule has 1 atom stereocenters. The Hall–Kier alpha value is -2.64. The molecule has 4 rings (SSSR count). The molecule has 3 aromatic rings. The highest BCUT2D eigenvalue weighted by Crippen LogP contribution is 2.33. The topological polar surface area (TPSA) is 80.5 Å². The number of hydrogen-bond donors (Lipinski definition) is 1. The van der Waals surface area contributed by atoms with E-state index in [-0.39, 0.29) is 11.5 Å². The van der Waals surface area contributed by atoms with Crippen molar-refractivity contribution in [3.8, 4) is 0 Å². The van der Waals surface area contributed by atoms with Gasteiger partial charge in [0.1, 0.15) is 11.6 Å². The highest BCUT2D eigenvalue weighted by molar-refractivity contribution is 5.23. The van der Waals surface area contributed by atoms with E-state index in [0.29, 0.717) is 31.0 Å². The van der Waals surface area contributed by atoms with Crippen molar-refractivity contribution in [2.75, 3.05) is 0 Å². The maximum absolute atomic E-state index is 13.6. The lowest BCUT2D eigenvalue weighted by molar-refractivity contribution is 0.348. The first-order chi connectivity index (χ1) is 12.2. The first kappa shape index (κ1) is 15.9. The normalized spacial score (nSPS) is 16.8. The summed E-state index contributed by atoms with van der Waals surface area (Å²) in [5.41, 5.74) is 1.92. The number of aryl methyl sites for hydroxylation is 2. The van der Waals surface area contributed by atoms with E-state index in [4.69, 9.17) is 4.52 Å². The largest absolute Gasteiger partial charge is 0.339 e. The van der Waals surface area contributed by atoms with Gasteiger partial charge in [0.25, 0.3) is 0 Å². The van der Waals surface area contributed by atoms with E-state index in [0.717, 1.165) is 30.7 Å². The number of nitrogens with one attached hydrogen (secondary N) is 1. The Kier molecular flexibility index (Phi) is 4.25. The predicted molar refractivity (Wildman–Crippen MR) is 83.8 cm³/mol. The van der Waals surface area contributed by atoms with Gasteiger partial charge in [-0.15, -0.1) is 0 Å². The number of nitrogens with zero attached hydrogens (tertiary/aromatic N) is 4. The Morgan fingerprint density at radius 1 is 1.16 bits per heavy atom. The van der Waals surface area contributed by atoms with Gasteiger partial charge >= 0.3 is 0 Å². The average molecular weight is 345 g/mol. The molecule has 1 aromatic carbocycles. The molecule has 0 spiro atoms. The van der Waals surface area contributed by atoms with Gasteiger partial charge in [-0.05, 0) is 44.2 Å². The van der Waals surface area contributed by atoms with Crippen LogP contribution in [0.1, 0.15) is 53.8 Å². The second kappa shape index (κ2) is 6.70. The van der Waals surface area contributed by atoms with Crippen LogP contribution < -0.4 is 0 Å². The molecule has 1 N–H and O–H groups in total. The molecule has 0 saturated heterocycles. The van der Waals surface area contributed by atoms with Gasteiger partial charge in [0.15, 0.2) is 5.82 Å². The molecule has 0 saturated carbocycles. The molecule has 8 heteroatoms. The quantitative estimate of drug-likeness (QED) is 0.768. The fourth-order valence-electron chi connectivity index (χ4n) is 3.28. The van der Waals surface area contributed by atoms with E-state index >= 15 is 0 Å². The zero-order chi connectivity index (χ0) is 17.2. The van der Waals surface area contributed by atoms with E-state index in [9.17, 15) is 8.78 Å². The van der Waals surface area contributed by atoms with Crippen molar-refractivity contribution in [1.29, 1.82) is 0 Å². The minimum Gasteiger partial charge on any atom is -0.339 e. The average Bonchev–Trinajstić information content (AvgIpc) is 3.26. The van der Waals surface area contributed by atoms with Crippen molar-refractivity contribution in [3.05, 3.63) is 58.5 Å². The van der Waals surface area contributed by atoms with E-state index in [1.807, 2.05) is 0 Å². The number of aromatic amines is 1. The number of H-pyrrole nitrogens is 1. The maximum Gasteiger partial charge on any atom is 0.235 e. The highest BCUT2D eigenvalue weighted by atomic mass is 19.1. The molecule has 1 aliphatic carbocycles. The third-order valence-corrected chi connectivity index (χ3v) is 4.56. The second-order valence-corrected chi connectivity index (χ2v) is 6.20. The highest BCUT2D eigenvalue weighted by Gasteiger charge is 2.29. The number of halogens is 2. The molecule has 2 aromatic heterocycles. The van der Waals surface area contributed by atoms with Gasteiger partial charge in [-0.2, -0.15) is 20.4 Å². The number of hydrogen-bond acceptors (Lipinski definition) is 5. The summed E-state index contributed by atoms with van der Waals surface area (Å²) in [6.07, 6.45) is 4.11. The minimum absolute atomic E-state index is 0.0345. The van der Waals surface area contributed by atoms with E-state index in [1.165, 1.54) is 18.2 Å². The van der Waals surface area contributed by atoms with Crippen LogP contribution in [0.3, 0.4) is 0 Å². The second-order valence-electron chi connectivity index (χ2n) is 6.20. The van der Waals surface area contributed by atoms with E-state index in [1.54, 1.807) is 0 Å². The molecule has 0 aliphatic heterocycles. The Labute approximate surface area is 142 Å².